The SMILES string of the molecule is C.CC(C)OP(=S)(OC(C)C)SCC(C)OP(=S)(S)OC(C)CSP(=S)(OC(C)C)OC(C)C.CC(O)CSP(=S)(OC(C)C)OC(C)C.S=PP=S=S=S=S. The molecular weight excluding hydrogens is 1080 g/mol. The highest BCUT2D eigenvalue weighted by atomic mass is 33.3. The number of aliphatic hydroxyl groups is 1. The van der Waals surface area contributed by atoms with Crippen molar-refractivity contribution in [3.63, 3.8) is 0 Å². The predicted molar refractivity (Wildman–Crippen MR) is 291 cm³/mol. The normalized spacial score (nSPS) is 15.2. The summed E-state index contributed by atoms with van der Waals surface area (Å²) >= 11 is 40.4. The Bertz CT molecular complexity index is 1300. The molecule has 3 atom stereocenters. The van der Waals surface area contributed by atoms with Crippen LogP contribution in [0.25, 0.3) is 0 Å². The Balaban J connectivity index is -0.000000482. The van der Waals surface area contributed by atoms with Crippen molar-refractivity contribution in [2.45, 2.75) is 166 Å². The van der Waals surface area contributed by atoms with Crippen molar-refractivity contribution in [1.82, 2.24) is 0 Å². The number of hydrogen-bond donors (Lipinski definition) is 2. The van der Waals surface area contributed by atoms with E-state index in [0.717, 1.165) is 7.04 Å². The van der Waals surface area contributed by atoms with Crippen molar-refractivity contribution < 1.29 is 41.3 Å². The molecule has 9 nitrogen and oxygen atoms in total. The van der Waals surface area contributed by atoms with Crippen LogP contribution in [0, 0.1) is 0 Å². The molecule has 0 amide bonds. The van der Waals surface area contributed by atoms with Gasteiger partial charge in [0.05, 0.1) is 54.9 Å². The van der Waals surface area contributed by atoms with Crippen molar-refractivity contribution in [3.8, 4) is 0 Å². The van der Waals surface area contributed by atoms with E-state index in [4.69, 9.17) is 83.4 Å². The van der Waals surface area contributed by atoms with Crippen molar-refractivity contribution >= 4 is 181 Å². The first-order valence-corrected chi connectivity index (χ1v) is 41.9. The van der Waals surface area contributed by atoms with Crippen LogP contribution in [0.3, 0.4) is 0 Å². The Kier molecular flexibility index (Phi) is 45.4. The van der Waals surface area contributed by atoms with Gasteiger partial charge in [0.1, 0.15) is 0 Å². The van der Waals surface area contributed by atoms with Gasteiger partial charge in [-0.1, -0.05) is 53.8 Å². The van der Waals surface area contributed by atoms with E-state index in [9.17, 15) is 5.11 Å². The Morgan fingerprint density at radius 2 is 0.804 bits per heavy atom. The number of rotatable bonds is 26. The Morgan fingerprint density at radius 3 is 1.02 bits per heavy atom. The molecule has 340 valence electrons. The van der Waals surface area contributed by atoms with E-state index in [1.807, 2.05) is 96.9 Å². The molecule has 0 saturated heterocycles. The maximum atomic E-state index is 9.22. The smallest absolute Gasteiger partial charge is 0.247 e. The van der Waals surface area contributed by atoms with Gasteiger partial charge < -0.3 is 41.3 Å². The maximum Gasteiger partial charge on any atom is 0.247 e. The number of thiol groups is 1. The summed E-state index contributed by atoms with van der Waals surface area (Å²) in [5, 5.41) is 9.22. The second kappa shape index (κ2) is 37.4. The van der Waals surface area contributed by atoms with Crippen LogP contribution < -0.4 is 0 Å². The molecule has 0 aromatic rings. The molecule has 0 rings (SSSR count). The van der Waals surface area contributed by atoms with Gasteiger partial charge in [-0.3, -0.25) is 0 Å². The largest absolute Gasteiger partial charge is 0.393 e. The first-order chi connectivity index (χ1) is 25.0. The van der Waals surface area contributed by atoms with E-state index in [-0.39, 0.29) is 62.4 Å². The fourth-order valence-electron chi connectivity index (χ4n) is 2.98. The van der Waals surface area contributed by atoms with E-state index in [1.165, 1.54) is 50.1 Å². The summed E-state index contributed by atoms with van der Waals surface area (Å²) in [6.07, 6.45) is -0.820. The molecule has 28 heteroatoms. The van der Waals surface area contributed by atoms with E-state index < -0.39 is 22.8 Å². The molecule has 0 aliphatic carbocycles. The molecule has 0 fully saturated rings. The van der Waals surface area contributed by atoms with Crippen LogP contribution in [0.2, 0.25) is 0 Å². The molecule has 0 radical (unpaired) electrons. The minimum atomic E-state index is -2.78. The summed E-state index contributed by atoms with van der Waals surface area (Å²) in [5.41, 5.74) is -10.1. The van der Waals surface area contributed by atoms with E-state index in [0.29, 0.717) is 17.3 Å². The third-order valence-electron chi connectivity index (χ3n) is 4.20. The second-order valence-corrected chi connectivity index (χ2v) is 46.4. The van der Waals surface area contributed by atoms with Gasteiger partial charge >= 0.3 is 0 Å². The predicted octanol–water partition coefficient (Wildman–Crippen LogP) is 14.1. The van der Waals surface area contributed by atoms with Gasteiger partial charge in [-0.2, -0.15) is 0 Å². The molecule has 56 heavy (non-hydrogen) atoms. The second-order valence-electron chi connectivity index (χ2n) is 12.7. The third-order valence-corrected chi connectivity index (χ3v) is 33.6. The van der Waals surface area contributed by atoms with Crippen LogP contribution in [-0.2, 0) is 134 Å². The quantitative estimate of drug-likeness (QED) is 0.0635. The molecule has 0 aliphatic heterocycles. The van der Waals surface area contributed by atoms with Gasteiger partial charge in [0.25, 0.3) is 0 Å². The van der Waals surface area contributed by atoms with E-state index >= 15 is 0 Å². The van der Waals surface area contributed by atoms with Crippen LogP contribution >= 0.6 is 83.3 Å². The zero-order chi connectivity index (χ0) is 43.6. The molecule has 0 aromatic heterocycles. The minimum absolute atomic E-state index is 0. The van der Waals surface area contributed by atoms with Gasteiger partial charge in [-0.15, -0.1) is 0 Å². The zero-order valence-electron chi connectivity index (χ0n) is 34.1. The molecule has 0 spiro atoms. The lowest BCUT2D eigenvalue weighted by Gasteiger charge is -2.29. The first-order valence-electron chi connectivity index (χ1n) is 16.9. The molecule has 0 aliphatic rings. The first kappa shape index (κ1) is 67.9. The Labute approximate surface area is 401 Å². The van der Waals surface area contributed by atoms with Gasteiger partial charge in [0, 0.05) is 31.3 Å². The topological polar surface area (TPSA) is 94.1 Å². The average molecular weight is 1150 g/mol. The standard InChI is InChI=1S/C18H41O6P3S6.C9H21O3PS2.CH4.P2S5/c1-13(2)19-26(30,20-14(3)4)32-11-17(9)23-25(28,29)24-18(10)12-33-27(31,21-15(5)6)22-16(7)8;1-7(2)11-13(14,12-8(3)4)15-6-9(5)10;;3-1-2-5-7-6-4/h13-18H,11-12H2,1-10H3,(H,28,29);7-10H,6H2,1-5H3;1H4;. The highest BCUT2D eigenvalue weighted by Crippen LogP contribution is 2.65. The summed E-state index contributed by atoms with van der Waals surface area (Å²) < 4.78 is 47.0. The lowest BCUT2D eigenvalue weighted by molar-refractivity contribution is 0.183. The van der Waals surface area contributed by atoms with Crippen molar-refractivity contribution in [2.24, 2.45) is 0 Å². The van der Waals surface area contributed by atoms with Crippen molar-refractivity contribution in [1.29, 1.82) is 0 Å². The number of hydrogen-bond acceptors (Lipinski definition) is 18. The van der Waals surface area contributed by atoms with E-state index in [1.54, 1.807) is 25.3 Å². The van der Waals surface area contributed by atoms with Gasteiger partial charge in [-0.05, 0) is 201 Å². The molecule has 0 aromatic carbocycles. The Hall–Kier alpha value is 5.34. The van der Waals surface area contributed by atoms with E-state index in [2.05, 4.69) is 35.2 Å². The maximum absolute atomic E-state index is 9.22. The van der Waals surface area contributed by atoms with Crippen LogP contribution in [0.4, 0.5) is 0 Å². The highest BCUT2D eigenvalue weighted by Gasteiger charge is 2.29. The van der Waals surface area contributed by atoms with Crippen LogP contribution in [0.5, 0.6) is 0 Å². The summed E-state index contributed by atoms with van der Waals surface area (Å²) in [5.74, 6) is 1.68. The van der Waals surface area contributed by atoms with Gasteiger partial charge in [0.15, 0.2) is 0 Å². The van der Waals surface area contributed by atoms with Gasteiger partial charge in [0.2, 0.25) is 22.8 Å². The summed E-state index contributed by atoms with van der Waals surface area (Å²) in [6.45, 7) is 28.9. The fourth-order valence-corrected chi connectivity index (χ4v) is 33.1. The summed E-state index contributed by atoms with van der Waals surface area (Å²) in [6, 6.07) is 0. The van der Waals surface area contributed by atoms with Gasteiger partial charge in [-0.25, -0.2) is 0 Å². The zero-order valence-corrected chi connectivity index (χ0v) is 50.1. The molecule has 0 saturated carbocycles. The molecule has 3 unspecified atom stereocenters. The number of aliphatic hydroxyl groups excluding tert-OH is 1. The minimum Gasteiger partial charge on any atom is -0.393 e. The van der Waals surface area contributed by atoms with Crippen LogP contribution in [0.15, 0.2) is 0 Å². The third kappa shape index (κ3) is 44.5. The molecule has 0 bridgehead atoms. The highest BCUT2D eigenvalue weighted by molar-refractivity contribution is 8.69. The van der Waals surface area contributed by atoms with Crippen LogP contribution in [0.1, 0.15) is 111 Å². The fraction of sp³-hybridized carbons (Fsp3) is 1.00. The van der Waals surface area contributed by atoms with Crippen molar-refractivity contribution in [3.05, 3.63) is 0 Å². The van der Waals surface area contributed by atoms with Crippen molar-refractivity contribution in [2.75, 3.05) is 17.3 Å². The average Bonchev–Trinajstić information content (AvgIpc) is 2.96. The lowest BCUT2D eigenvalue weighted by Crippen LogP contribution is -2.15. The van der Waals surface area contributed by atoms with Crippen LogP contribution in [-0.4, -0.2) is 77.3 Å². The molecular formula is C28H66O9P6S13. The molecule has 1 N–H and O–H groups in total. The summed E-state index contributed by atoms with van der Waals surface area (Å²) in [7, 11) is 6.83. The lowest BCUT2D eigenvalue weighted by atomic mass is 10.5. The summed E-state index contributed by atoms with van der Waals surface area (Å²) in [4.78, 5) is 0. The Morgan fingerprint density at radius 1 is 0.536 bits per heavy atom. The molecule has 0 heterocycles. The monoisotopic (exact) mass is 1150 g/mol.